The van der Waals surface area contributed by atoms with Crippen LogP contribution in [-0.4, -0.2) is 356 Å². The number of rotatable bonds is 52. The fourth-order valence-electron chi connectivity index (χ4n) is 13.6. The molecule has 4 aliphatic rings. The molecule has 4 saturated heterocycles. The summed E-state index contributed by atoms with van der Waals surface area (Å²) in [4.78, 5) is 146. The Labute approximate surface area is 790 Å². The van der Waals surface area contributed by atoms with Gasteiger partial charge in [-0.1, -0.05) is 39.1 Å². The lowest BCUT2D eigenvalue weighted by molar-refractivity contribution is -0.159. The molecule has 4 aromatic rings. The molecule has 10 amide bonds. The molecule has 0 aliphatic carbocycles. The van der Waals surface area contributed by atoms with Crippen LogP contribution in [0.4, 0.5) is 19.2 Å². The van der Waals surface area contributed by atoms with Crippen molar-refractivity contribution in [2.45, 2.75) is 184 Å². The molecular weight excluding hydrogens is 1810 g/mol. The van der Waals surface area contributed by atoms with Gasteiger partial charge in [-0.05, 0) is 148 Å². The third kappa shape index (κ3) is 38.9. The van der Waals surface area contributed by atoms with E-state index >= 15 is 0 Å². The van der Waals surface area contributed by atoms with E-state index in [2.05, 4.69) is 41.9 Å². The van der Waals surface area contributed by atoms with Crippen molar-refractivity contribution in [2.24, 2.45) is 0 Å². The Morgan fingerprint density at radius 1 is 0.414 bits per heavy atom. The molecule has 8 rings (SSSR count). The Morgan fingerprint density at radius 2 is 0.729 bits per heavy atom. The van der Waals surface area contributed by atoms with Crippen LogP contribution in [0.15, 0.2) is 107 Å². The first-order valence-electron chi connectivity index (χ1n) is 43.9. The number of nitrogens with one attached hydrogen (secondary N) is 6. The number of carbonyl (C=O) groups excluding carboxylic acids is 10. The van der Waals surface area contributed by atoms with E-state index in [-0.39, 0.29) is 216 Å². The van der Waals surface area contributed by atoms with E-state index in [0.717, 1.165) is 8.61 Å². The Bertz CT molecular complexity index is 4230. The summed E-state index contributed by atoms with van der Waals surface area (Å²) in [7, 11) is -8.26. The molecule has 4 atom stereocenters. The van der Waals surface area contributed by atoms with Crippen LogP contribution in [-0.2, 0) is 109 Å². The minimum Gasteiger partial charge on any atom is -0.458 e. The fourth-order valence-corrected chi connectivity index (χ4v) is 19.9. The van der Waals surface area contributed by atoms with Gasteiger partial charge in [0, 0.05) is 165 Å². The van der Waals surface area contributed by atoms with Crippen molar-refractivity contribution in [3.05, 3.63) is 109 Å². The first-order valence-corrected chi connectivity index (χ1v) is 48.8. The van der Waals surface area contributed by atoms with Gasteiger partial charge < -0.3 is 108 Å². The maximum atomic E-state index is 14.1. The second-order valence-electron chi connectivity index (χ2n) is 33.9. The van der Waals surface area contributed by atoms with Crippen LogP contribution in [0.5, 0.6) is 11.5 Å². The van der Waals surface area contributed by atoms with Gasteiger partial charge in [0.2, 0.25) is 43.7 Å². The van der Waals surface area contributed by atoms with Gasteiger partial charge in [-0.2, -0.15) is 8.61 Å². The highest BCUT2D eigenvalue weighted by molar-refractivity contribution is 8.02. The Balaban J connectivity index is 0.0000136. The zero-order chi connectivity index (χ0) is 95.0. The predicted octanol–water partition coefficient (Wildman–Crippen LogP) is 6.24. The van der Waals surface area contributed by atoms with Gasteiger partial charge in [0.25, 0.3) is 0 Å². The van der Waals surface area contributed by atoms with Gasteiger partial charge in [-0.3, -0.25) is 29.1 Å². The van der Waals surface area contributed by atoms with E-state index in [4.69, 9.17) is 56.8 Å². The first kappa shape index (κ1) is 113. The number of piperazine rings is 2. The van der Waals surface area contributed by atoms with Crippen LogP contribution < -0.4 is 41.4 Å². The smallest absolute Gasteiger partial charge is 0.415 e. The normalized spacial score (nSPS) is 16.8. The van der Waals surface area contributed by atoms with Crippen molar-refractivity contribution in [3.63, 3.8) is 0 Å². The molecule has 133 heavy (non-hydrogen) atoms. The molecule has 744 valence electrons. The highest BCUT2D eigenvalue weighted by atomic mass is 32.2. The zero-order valence-corrected chi connectivity index (χ0v) is 79.8. The molecule has 0 radical (unpaired) electrons. The third-order valence-electron chi connectivity index (χ3n) is 20.4. The Hall–Kier alpha value is -9.16. The molecule has 6 heterocycles. The van der Waals surface area contributed by atoms with Gasteiger partial charge in [-0.15, -0.1) is 23.5 Å². The number of carbonyl (C=O) groups is 10. The molecule has 4 fully saturated rings. The molecule has 6 N–H and O–H groups in total. The minimum absolute atomic E-state index is 0. The predicted molar refractivity (Wildman–Crippen MR) is 497 cm³/mol. The lowest BCUT2D eigenvalue weighted by Gasteiger charge is -2.34. The van der Waals surface area contributed by atoms with Gasteiger partial charge in [0.1, 0.15) is 56.7 Å². The number of benzene rings is 2. The monoisotopic (exact) mass is 1950 g/mol. The standard InChI is InChI=1S/C87H130N14O26S4.2CH4/c1-84(2,3)126-78(106)70(94-76(104)74-86(7,8)128-62-100(74)130(112,113)68-16-11-28-88-60-68)58-64-18-22-66(23-19-64)124-82(110)98-38-34-96(35-39-98)80(108)92-32-48-122-56-54-120-46-26-72(102)90-30-13-42-116-50-52-118-44-15-45-119-53-51-117-43-14-31-91-73(103)27-47-121-55-57-123-49-33-93-81(109)97-36-40-99(41-37-97)83(111)125-67-24-20-65(21-25-67)59-71(79(107)127-85(4,5)6)95-77(105)75-87(9,10)129-63-101(75)131(114,115)69-17-12-29-89-61-69;;/h11-12,16-25,28-29,60-61,70-71,74-75H,13-15,26-27,30-59,62-63H2,1-10H3,(H,90,102)(H,91,103)(H,92,108)(H,93,109)(H,94,104)(H,95,105);2*1H4/t70-,71-,74+,75+;;/m0../s1. The highest BCUT2D eigenvalue weighted by Crippen LogP contribution is 2.44. The number of urea groups is 2. The third-order valence-corrected chi connectivity index (χ3v) is 27.1. The molecule has 4 aliphatic heterocycles. The highest BCUT2D eigenvalue weighted by Gasteiger charge is 2.54. The van der Waals surface area contributed by atoms with E-state index in [1.165, 1.54) is 82.4 Å². The second-order valence-corrected chi connectivity index (χ2v) is 40.9. The summed E-state index contributed by atoms with van der Waals surface area (Å²) in [6, 6.07) is 13.3. The maximum absolute atomic E-state index is 14.1. The number of esters is 2. The lowest BCUT2D eigenvalue weighted by Crippen LogP contribution is -2.57. The van der Waals surface area contributed by atoms with E-state index < -0.39 is 101 Å². The zero-order valence-electron chi connectivity index (χ0n) is 76.5. The number of thioether (sulfide) groups is 2. The Kier molecular flexibility index (Phi) is 47.7. The summed E-state index contributed by atoms with van der Waals surface area (Å²) in [5.41, 5.74) is -0.596. The average Bonchev–Trinajstić information content (AvgIpc) is 1.61. The van der Waals surface area contributed by atoms with Crippen molar-refractivity contribution in [1.82, 2.24) is 70.1 Å². The van der Waals surface area contributed by atoms with Crippen molar-refractivity contribution in [2.75, 3.05) is 196 Å². The van der Waals surface area contributed by atoms with E-state index in [1.54, 1.807) is 128 Å². The van der Waals surface area contributed by atoms with Gasteiger partial charge in [-0.25, -0.2) is 45.6 Å². The summed E-state index contributed by atoms with van der Waals surface area (Å²) >= 11 is 2.60. The van der Waals surface area contributed by atoms with E-state index in [1.807, 2.05) is 0 Å². The van der Waals surface area contributed by atoms with Crippen LogP contribution in [0.2, 0.25) is 0 Å². The molecule has 40 nitrogen and oxygen atoms in total. The number of nitrogens with zero attached hydrogens (tertiary/aromatic N) is 8. The summed E-state index contributed by atoms with van der Waals surface area (Å²) < 4.78 is 123. The molecule has 2 aromatic carbocycles. The molecule has 0 saturated carbocycles. The largest absolute Gasteiger partial charge is 0.458 e. The van der Waals surface area contributed by atoms with Gasteiger partial charge in [0.15, 0.2) is 0 Å². The number of ether oxygens (including phenoxy) is 12. The lowest BCUT2D eigenvalue weighted by atomic mass is 10.0. The van der Waals surface area contributed by atoms with Crippen molar-refractivity contribution >= 4 is 103 Å². The molecular formula is C89H138N14O26S4. The summed E-state index contributed by atoms with van der Waals surface area (Å²) in [5.74, 6) is -2.56. The first-order chi connectivity index (χ1) is 62.4. The molecule has 0 bridgehead atoms. The second kappa shape index (κ2) is 56.4. The number of hydrogen-bond donors (Lipinski definition) is 6. The fraction of sp³-hybridized carbons (Fsp3) is 0.640. The number of sulfonamides is 2. The SMILES string of the molecule is C.C.CC(C)(C)OC(=O)[C@H](Cc1ccc(OC(=O)N2CCN(C(=O)NCCOCCOCCC(=O)NCCCOCCOCCCOCCOCCCNC(=O)CCOCCOCCNC(=O)N3CCN(C(=O)Oc4ccc(C[C@H](NC(=O)[C@H]5N(S(=O)(=O)c6cccnc6)CSC5(C)C)C(=O)OC(C)(C)C)cc4)CC3)CC2)cc1)NC(=O)[C@H]1N(S(=O)(=O)c2cccnc2)CSC1(C)C. The summed E-state index contributed by atoms with van der Waals surface area (Å²) in [5, 5.41) is 16.9. The molecule has 44 heteroatoms. The van der Waals surface area contributed by atoms with E-state index in [0.29, 0.717) is 96.3 Å². The van der Waals surface area contributed by atoms with Crippen LogP contribution >= 0.6 is 23.5 Å². The minimum atomic E-state index is -4.13. The van der Waals surface area contributed by atoms with Crippen molar-refractivity contribution in [1.29, 1.82) is 0 Å². The van der Waals surface area contributed by atoms with Gasteiger partial charge >= 0.3 is 36.2 Å². The van der Waals surface area contributed by atoms with Gasteiger partial charge in [0.05, 0.1) is 91.0 Å². The van der Waals surface area contributed by atoms with Crippen LogP contribution in [0, 0.1) is 0 Å². The molecule has 0 spiro atoms. The Morgan fingerprint density at radius 3 is 1.05 bits per heavy atom. The number of pyridine rings is 2. The molecule has 2 aromatic heterocycles. The van der Waals surface area contributed by atoms with Crippen molar-refractivity contribution in [3.8, 4) is 11.5 Å². The van der Waals surface area contributed by atoms with E-state index in [9.17, 15) is 64.8 Å². The molecule has 0 unspecified atom stereocenters. The summed E-state index contributed by atoms with van der Waals surface area (Å²) in [6.07, 6.45) is 6.45. The van der Waals surface area contributed by atoms with Crippen LogP contribution in [0.1, 0.15) is 127 Å². The topological polar surface area (TPSA) is 467 Å². The average molecular weight is 1950 g/mol. The number of aromatic nitrogens is 2. The van der Waals surface area contributed by atoms with Crippen LogP contribution in [0.25, 0.3) is 0 Å². The number of hydrogen-bond acceptors (Lipinski definition) is 30. The van der Waals surface area contributed by atoms with Crippen molar-refractivity contribution < 1.29 is 122 Å². The maximum Gasteiger partial charge on any atom is 0.415 e. The van der Waals surface area contributed by atoms with Crippen LogP contribution in [0.3, 0.4) is 0 Å². The quantitative estimate of drug-likeness (QED) is 0.0210. The number of amides is 10. The summed E-state index contributed by atoms with van der Waals surface area (Å²) in [6.45, 7) is 26.3.